The molecule has 1 aliphatic rings. The quantitative estimate of drug-likeness (QED) is 0.917. The highest BCUT2D eigenvalue weighted by molar-refractivity contribution is 7.16. The first-order valence-corrected chi connectivity index (χ1v) is 8.89. The van der Waals surface area contributed by atoms with E-state index in [1.807, 2.05) is 24.3 Å². The Hall–Kier alpha value is -2.32. The van der Waals surface area contributed by atoms with Crippen molar-refractivity contribution in [3.8, 4) is 11.8 Å². The van der Waals surface area contributed by atoms with Crippen LogP contribution < -0.4 is 10.1 Å². The average Bonchev–Trinajstić information content (AvgIpc) is 2.91. The number of ether oxygens (including phenoxy) is 1. The summed E-state index contributed by atoms with van der Waals surface area (Å²) in [5.41, 5.74) is 2.71. The van der Waals surface area contributed by atoms with Crippen molar-refractivity contribution in [1.29, 1.82) is 5.26 Å². The normalized spacial score (nSPS) is 16.1. The lowest BCUT2D eigenvalue weighted by atomic mass is 9.88. The van der Waals surface area contributed by atoms with Crippen LogP contribution in [0.25, 0.3) is 0 Å². The first kappa shape index (κ1) is 16.5. The number of nitriles is 1. The van der Waals surface area contributed by atoms with Gasteiger partial charge in [0.25, 0.3) is 0 Å². The largest absolute Gasteiger partial charge is 0.497 e. The number of hydrogen-bond acceptors (Lipinski definition) is 4. The molecule has 0 bridgehead atoms. The Morgan fingerprint density at radius 2 is 2.17 bits per heavy atom. The molecule has 1 aromatic carbocycles. The Labute approximate surface area is 146 Å². The molecule has 1 N–H and O–H groups in total. The van der Waals surface area contributed by atoms with Crippen LogP contribution >= 0.6 is 11.3 Å². The summed E-state index contributed by atoms with van der Waals surface area (Å²) in [5, 5.41) is 13.1. The topological polar surface area (TPSA) is 62.1 Å². The monoisotopic (exact) mass is 340 g/mol. The van der Waals surface area contributed by atoms with Crippen molar-refractivity contribution in [2.75, 3.05) is 12.4 Å². The third-order valence-electron chi connectivity index (χ3n) is 4.40. The highest BCUT2D eigenvalue weighted by atomic mass is 32.1. The third kappa shape index (κ3) is 3.44. The molecule has 0 saturated heterocycles. The minimum absolute atomic E-state index is 0.0942. The fraction of sp³-hybridized carbons (Fsp3) is 0.368. The summed E-state index contributed by atoms with van der Waals surface area (Å²) >= 11 is 1.56. The van der Waals surface area contributed by atoms with Crippen LogP contribution in [0.15, 0.2) is 24.3 Å². The number of nitrogens with one attached hydrogen (secondary N) is 1. The molecule has 5 heteroatoms. The molecule has 24 heavy (non-hydrogen) atoms. The average molecular weight is 340 g/mol. The molecule has 1 aromatic heterocycles. The summed E-state index contributed by atoms with van der Waals surface area (Å²) in [5.74, 6) is 1.32. The van der Waals surface area contributed by atoms with E-state index in [0.29, 0.717) is 16.5 Å². The zero-order valence-corrected chi connectivity index (χ0v) is 14.7. The second-order valence-corrected chi connectivity index (χ2v) is 7.35. The number of thiophene rings is 1. The molecule has 0 saturated carbocycles. The summed E-state index contributed by atoms with van der Waals surface area (Å²) < 4.78 is 5.12. The van der Waals surface area contributed by atoms with Crippen molar-refractivity contribution in [3.63, 3.8) is 0 Å². The Morgan fingerprint density at radius 1 is 1.42 bits per heavy atom. The number of nitrogens with zero attached hydrogens (tertiary/aromatic N) is 1. The first-order valence-electron chi connectivity index (χ1n) is 8.08. The number of anilines is 1. The summed E-state index contributed by atoms with van der Waals surface area (Å²) in [6.07, 6.45) is 3.33. The van der Waals surface area contributed by atoms with E-state index in [4.69, 9.17) is 4.74 Å². The maximum atomic E-state index is 12.3. The van der Waals surface area contributed by atoms with Gasteiger partial charge >= 0.3 is 0 Å². The first-order chi connectivity index (χ1) is 11.6. The van der Waals surface area contributed by atoms with Gasteiger partial charge in [-0.05, 0) is 48.4 Å². The van der Waals surface area contributed by atoms with Crippen LogP contribution in [0, 0.1) is 17.2 Å². The lowest BCUT2D eigenvalue weighted by molar-refractivity contribution is -0.115. The van der Waals surface area contributed by atoms with Gasteiger partial charge in [-0.2, -0.15) is 5.26 Å². The molecule has 1 atom stereocenters. The van der Waals surface area contributed by atoms with Gasteiger partial charge in [0, 0.05) is 4.88 Å². The zero-order chi connectivity index (χ0) is 17.1. The molecule has 0 spiro atoms. The molecule has 0 fully saturated rings. The smallest absolute Gasteiger partial charge is 0.229 e. The van der Waals surface area contributed by atoms with Crippen LogP contribution in [0.3, 0.4) is 0 Å². The van der Waals surface area contributed by atoms with E-state index in [2.05, 4.69) is 18.3 Å². The van der Waals surface area contributed by atoms with Gasteiger partial charge in [0.1, 0.15) is 16.8 Å². The summed E-state index contributed by atoms with van der Waals surface area (Å²) in [6.45, 7) is 2.23. The number of hydrogen-bond donors (Lipinski definition) is 1. The van der Waals surface area contributed by atoms with Gasteiger partial charge in [-0.15, -0.1) is 11.3 Å². The Balaban J connectivity index is 1.73. The maximum absolute atomic E-state index is 12.3. The van der Waals surface area contributed by atoms with E-state index in [-0.39, 0.29) is 12.3 Å². The van der Waals surface area contributed by atoms with Crippen LogP contribution in [0.5, 0.6) is 5.75 Å². The van der Waals surface area contributed by atoms with Gasteiger partial charge < -0.3 is 10.1 Å². The van der Waals surface area contributed by atoms with Crippen molar-refractivity contribution in [1.82, 2.24) is 0 Å². The molecule has 1 amide bonds. The van der Waals surface area contributed by atoms with E-state index in [0.717, 1.165) is 36.1 Å². The van der Waals surface area contributed by atoms with Crippen molar-refractivity contribution in [3.05, 3.63) is 45.8 Å². The molecule has 1 aliphatic carbocycles. The number of rotatable bonds is 4. The second kappa shape index (κ2) is 7.06. The summed E-state index contributed by atoms with van der Waals surface area (Å²) in [6, 6.07) is 9.73. The fourth-order valence-electron chi connectivity index (χ4n) is 3.06. The van der Waals surface area contributed by atoms with Crippen LogP contribution in [-0.4, -0.2) is 13.0 Å². The van der Waals surface area contributed by atoms with Gasteiger partial charge in [0.05, 0.1) is 19.1 Å². The predicted molar refractivity (Wildman–Crippen MR) is 95.6 cm³/mol. The number of carbonyl (C=O) groups is 1. The standard InChI is InChI=1S/C19H20N2O2S/c1-12-3-8-15-16(11-20)19(24-17(15)9-12)21-18(22)10-13-4-6-14(23-2)7-5-13/h4-7,12H,3,8-10H2,1-2H3,(H,21,22)/t12-/m1/s1. The van der Waals surface area contributed by atoms with E-state index in [1.54, 1.807) is 18.4 Å². The molecule has 124 valence electrons. The number of carbonyl (C=O) groups excluding carboxylic acids is 1. The van der Waals surface area contributed by atoms with Gasteiger partial charge in [0.2, 0.25) is 5.91 Å². The van der Waals surface area contributed by atoms with Crippen molar-refractivity contribution in [2.24, 2.45) is 5.92 Å². The molecule has 0 radical (unpaired) electrons. The van der Waals surface area contributed by atoms with Crippen LogP contribution in [0.2, 0.25) is 0 Å². The Kier molecular flexibility index (Phi) is 4.86. The minimum atomic E-state index is -0.0942. The lowest BCUT2D eigenvalue weighted by Crippen LogP contribution is -2.14. The molecule has 0 aliphatic heterocycles. The van der Waals surface area contributed by atoms with Crippen LogP contribution in [0.4, 0.5) is 5.00 Å². The van der Waals surface area contributed by atoms with Crippen molar-refractivity contribution >= 4 is 22.2 Å². The molecule has 1 heterocycles. The van der Waals surface area contributed by atoms with Crippen LogP contribution in [-0.2, 0) is 24.1 Å². The van der Waals surface area contributed by atoms with E-state index < -0.39 is 0 Å². The van der Waals surface area contributed by atoms with E-state index in [1.165, 1.54) is 4.88 Å². The van der Waals surface area contributed by atoms with E-state index >= 15 is 0 Å². The summed E-state index contributed by atoms with van der Waals surface area (Å²) in [4.78, 5) is 13.6. The van der Waals surface area contributed by atoms with Gasteiger partial charge in [0.15, 0.2) is 0 Å². The molecular formula is C19H20N2O2S. The molecule has 0 unspecified atom stereocenters. The molecule has 4 nitrogen and oxygen atoms in total. The zero-order valence-electron chi connectivity index (χ0n) is 13.9. The molecule has 2 aromatic rings. The van der Waals surface area contributed by atoms with E-state index in [9.17, 15) is 10.1 Å². The van der Waals surface area contributed by atoms with Gasteiger partial charge in [-0.1, -0.05) is 19.1 Å². The fourth-order valence-corrected chi connectivity index (χ4v) is 4.43. The molecule has 3 rings (SSSR count). The predicted octanol–water partition coefficient (Wildman–Crippen LogP) is 3.93. The van der Waals surface area contributed by atoms with Gasteiger partial charge in [-0.25, -0.2) is 0 Å². The SMILES string of the molecule is COc1ccc(CC(=O)Nc2sc3c(c2C#N)CC[C@@H](C)C3)cc1. The number of fused-ring (bicyclic) bond motifs is 1. The number of methoxy groups -OCH3 is 1. The second-order valence-electron chi connectivity index (χ2n) is 6.24. The van der Waals surface area contributed by atoms with Crippen molar-refractivity contribution < 1.29 is 9.53 Å². The van der Waals surface area contributed by atoms with Gasteiger partial charge in [-0.3, -0.25) is 4.79 Å². The minimum Gasteiger partial charge on any atom is -0.497 e. The maximum Gasteiger partial charge on any atom is 0.229 e. The summed E-state index contributed by atoms with van der Waals surface area (Å²) in [7, 11) is 1.62. The van der Waals surface area contributed by atoms with Crippen LogP contribution in [0.1, 0.15) is 34.9 Å². The Bertz CT molecular complexity index is 787. The third-order valence-corrected chi connectivity index (χ3v) is 5.57. The Morgan fingerprint density at radius 3 is 2.83 bits per heavy atom. The van der Waals surface area contributed by atoms with Crippen molar-refractivity contribution in [2.45, 2.75) is 32.6 Å². The molecular weight excluding hydrogens is 320 g/mol. The highest BCUT2D eigenvalue weighted by Crippen LogP contribution is 2.39. The number of amides is 1. The number of benzene rings is 1. The highest BCUT2D eigenvalue weighted by Gasteiger charge is 2.24. The lowest BCUT2D eigenvalue weighted by Gasteiger charge is -2.17.